The van der Waals surface area contributed by atoms with Crippen LogP contribution in [0, 0.1) is 0 Å². The Morgan fingerprint density at radius 1 is 0.724 bits per heavy atom. The molecule has 0 aliphatic heterocycles. The summed E-state index contributed by atoms with van der Waals surface area (Å²) < 4.78 is 10.5. The molecule has 0 fully saturated rings. The normalized spacial score (nSPS) is 11.3. The fourth-order valence-corrected chi connectivity index (χ4v) is 7.54. The minimum atomic E-state index is -2.09. The van der Waals surface area contributed by atoms with E-state index >= 15 is 0 Å². The van der Waals surface area contributed by atoms with E-state index in [9.17, 15) is 4.79 Å². The minimum absolute atomic E-state index is 0. The number of methoxy groups -OCH3 is 2. The van der Waals surface area contributed by atoms with Gasteiger partial charge in [0.1, 0.15) is 35.1 Å². The number of hydrogen-bond acceptors (Lipinski definition) is 3. The fraction of sp³-hybridized carbons (Fsp3) is 0.125. The van der Waals surface area contributed by atoms with Crippen LogP contribution in [0.2, 0.25) is 0 Å². The minimum Gasteiger partial charge on any atom is -1.00 e. The summed E-state index contributed by atoms with van der Waals surface area (Å²) in [5.74, 6) is 0.195. The van der Waals surface area contributed by atoms with Gasteiger partial charge in [-0.2, -0.15) is 0 Å². The second-order valence-corrected chi connectivity index (χ2v) is 9.80. The summed E-state index contributed by atoms with van der Waals surface area (Å²) in [5, 5.41) is 3.71. The zero-order valence-corrected chi connectivity index (χ0v) is 19.0. The van der Waals surface area contributed by atoms with Gasteiger partial charge in [-0.25, -0.2) is 4.79 Å². The number of ether oxygens (including phenoxy) is 2. The first-order valence-corrected chi connectivity index (χ1v) is 11.1. The van der Waals surface area contributed by atoms with Crippen molar-refractivity contribution in [3.8, 4) is 0 Å². The van der Waals surface area contributed by atoms with Crippen LogP contribution < -0.4 is 32.9 Å². The standard InChI is InChI=1S/C24H24O3P.BrH/c1-26-20(18-24(25)27-2)19-28(21-12-6-3-7-13-21,22-14-8-4-9-15-22)23-16-10-5-11-17-23;/h3-18H,19H2,1-2H3;1H/q+1;/p-1. The van der Waals surface area contributed by atoms with Gasteiger partial charge in [-0.1, -0.05) is 54.6 Å². The lowest BCUT2D eigenvalue weighted by Gasteiger charge is -2.28. The smallest absolute Gasteiger partial charge is 0.334 e. The van der Waals surface area contributed by atoms with Crippen molar-refractivity contribution in [2.24, 2.45) is 0 Å². The van der Waals surface area contributed by atoms with Gasteiger partial charge in [0.25, 0.3) is 0 Å². The Morgan fingerprint density at radius 2 is 1.10 bits per heavy atom. The van der Waals surface area contributed by atoms with Crippen LogP contribution >= 0.6 is 7.26 Å². The highest BCUT2D eigenvalue weighted by molar-refractivity contribution is 7.95. The first-order chi connectivity index (χ1) is 13.7. The Hall–Kier alpha value is -2.42. The molecule has 5 heteroatoms. The largest absolute Gasteiger partial charge is 1.00 e. The van der Waals surface area contributed by atoms with E-state index in [2.05, 4.69) is 72.8 Å². The zero-order valence-electron chi connectivity index (χ0n) is 16.5. The summed E-state index contributed by atoms with van der Waals surface area (Å²) in [5.41, 5.74) is 0. The van der Waals surface area contributed by atoms with Gasteiger partial charge in [0.05, 0.1) is 20.3 Å². The second kappa shape index (κ2) is 10.9. The molecule has 3 rings (SSSR count). The van der Waals surface area contributed by atoms with Crippen molar-refractivity contribution in [3.63, 3.8) is 0 Å². The molecule has 0 heterocycles. The molecular formula is C24H24BrO3P. The lowest BCUT2D eigenvalue weighted by Crippen LogP contribution is -3.00. The molecule has 0 N–H and O–H groups in total. The van der Waals surface area contributed by atoms with Crippen LogP contribution in [-0.4, -0.2) is 26.4 Å². The summed E-state index contributed by atoms with van der Waals surface area (Å²) in [7, 11) is 0.883. The van der Waals surface area contributed by atoms with Gasteiger partial charge in [-0.05, 0) is 36.4 Å². The van der Waals surface area contributed by atoms with E-state index in [1.165, 1.54) is 29.1 Å². The molecule has 150 valence electrons. The van der Waals surface area contributed by atoms with Crippen LogP contribution in [0.3, 0.4) is 0 Å². The van der Waals surface area contributed by atoms with Gasteiger partial charge in [0, 0.05) is 0 Å². The molecular weight excluding hydrogens is 447 g/mol. The van der Waals surface area contributed by atoms with Crippen molar-refractivity contribution >= 4 is 29.1 Å². The molecule has 0 atom stereocenters. The molecule has 0 aliphatic rings. The Labute approximate surface area is 183 Å². The predicted octanol–water partition coefficient (Wildman–Crippen LogP) is 0.688. The quantitative estimate of drug-likeness (QED) is 0.220. The van der Waals surface area contributed by atoms with E-state index in [0.717, 1.165) is 0 Å². The number of carbonyl (C=O) groups is 1. The monoisotopic (exact) mass is 470 g/mol. The Bertz CT molecular complexity index is 831. The topological polar surface area (TPSA) is 35.5 Å². The highest BCUT2D eigenvalue weighted by Crippen LogP contribution is 2.56. The van der Waals surface area contributed by atoms with Crippen LogP contribution in [0.5, 0.6) is 0 Å². The van der Waals surface area contributed by atoms with Crippen molar-refractivity contribution in [2.45, 2.75) is 0 Å². The second-order valence-electron chi connectivity index (χ2n) is 6.31. The van der Waals surface area contributed by atoms with Gasteiger partial charge in [0.2, 0.25) is 0 Å². The van der Waals surface area contributed by atoms with Crippen LogP contribution in [0.15, 0.2) is 103 Å². The van der Waals surface area contributed by atoms with Crippen LogP contribution in [0.25, 0.3) is 0 Å². The van der Waals surface area contributed by atoms with E-state index in [1.807, 2.05) is 18.2 Å². The predicted molar refractivity (Wildman–Crippen MR) is 117 cm³/mol. The number of allylic oxidation sites excluding steroid dienone is 1. The number of hydrogen-bond donors (Lipinski definition) is 0. The van der Waals surface area contributed by atoms with Gasteiger partial charge in [-0.15, -0.1) is 0 Å². The van der Waals surface area contributed by atoms with Crippen molar-refractivity contribution in [2.75, 3.05) is 20.4 Å². The number of carbonyl (C=O) groups excluding carboxylic acids is 1. The third-order valence-corrected chi connectivity index (χ3v) is 9.05. The molecule has 0 amide bonds. The summed E-state index contributed by atoms with van der Waals surface area (Å²) in [6, 6.07) is 31.4. The zero-order chi connectivity index (χ0) is 19.8. The van der Waals surface area contributed by atoms with Crippen LogP contribution in [0.1, 0.15) is 0 Å². The molecule has 3 aromatic rings. The Morgan fingerprint density at radius 3 is 1.41 bits per heavy atom. The fourth-order valence-electron chi connectivity index (χ4n) is 3.36. The average molecular weight is 471 g/mol. The number of esters is 1. The van der Waals surface area contributed by atoms with Gasteiger partial charge >= 0.3 is 5.97 Å². The molecule has 0 aromatic heterocycles. The third kappa shape index (κ3) is 5.14. The van der Waals surface area contributed by atoms with Crippen molar-refractivity contribution in [3.05, 3.63) is 103 Å². The summed E-state index contributed by atoms with van der Waals surface area (Å²) in [6.45, 7) is 0. The van der Waals surface area contributed by atoms with Crippen LogP contribution in [0.4, 0.5) is 0 Å². The number of rotatable bonds is 7. The first-order valence-electron chi connectivity index (χ1n) is 9.08. The molecule has 3 aromatic carbocycles. The van der Waals surface area contributed by atoms with Gasteiger partial charge < -0.3 is 26.5 Å². The molecule has 29 heavy (non-hydrogen) atoms. The summed E-state index contributed by atoms with van der Waals surface area (Å²) in [6.07, 6.45) is 2.04. The van der Waals surface area contributed by atoms with E-state index < -0.39 is 13.2 Å². The van der Waals surface area contributed by atoms with E-state index in [1.54, 1.807) is 7.11 Å². The lowest BCUT2D eigenvalue weighted by atomic mass is 10.3. The van der Waals surface area contributed by atoms with E-state index in [-0.39, 0.29) is 17.0 Å². The molecule has 0 radical (unpaired) electrons. The van der Waals surface area contributed by atoms with E-state index in [0.29, 0.717) is 11.9 Å². The highest BCUT2D eigenvalue weighted by atomic mass is 79.9. The SMILES string of the molecule is COC(=O)C=C(C[P+](c1ccccc1)(c1ccccc1)c1ccccc1)OC.[Br-]. The molecule has 0 unspecified atom stereocenters. The lowest BCUT2D eigenvalue weighted by molar-refractivity contribution is -0.135. The van der Waals surface area contributed by atoms with Crippen LogP contribution in [-0.2, 0) is 14.3 Å². The molecule has 0 bridgehead atoms. The Balaban J connectivity index is 0.00000300. The molecule has 3 nitrogen and oxygen atoms in total. The van der Waals surface area contributed by atoms with Crippen molar-refractivity contribution < 1.29 is 31.2 Å². The molecule has 0 saturated carbocycles. The van der Waals surface area contributed by atoms with E-state index in [4.69, 9.17) is 9.47 Å². The third-order valence-electron chi connectivity index (χ3n) is 4.73. The molecule has 0 saturated heterocycles. The van der Waals surface area contributed by atoms with Crippen molar-refractivity contribution in [1.29, 1.82) is 0 Å². The van der Waals surface area contributed by atoms with Gasteiger partial charge in [-0.3, -0.25) is 0 Å². The summed E-state index contributed by atoms with van der Waals surface area (Å²) >= 11 is 0. The highest BCUT2D eigenvalue weighted by Gasteiger charge is 2.46. The van der Waals surface area contributed by atoms with Crippen molar-refractivity contribution in [1.82, 2.24) is 0 Å². The van der Waals surface area contributed by atoms with Gasteiger partial charge in [0.15, 0.2) is 0 Å². The number of benzene rings is 3. The molecule has 0 aliphatic carbocycles. The first kappa shape index (κ1) is 22.9. The summed E-state index contributed by atoms with van der Waals surface area (Å²) in [4.78, 5) is 11.9. The Kier molecular flexibility index (Phi) is 8.63. The number of halogens is 1. The maximum atomic E-state index is 11.9. The maximum Gasteiger partial charge on any atom is 0.334 e. The average Bonchev–Trinajstić information content (AvgIpc) is 2.78. The molecule has 0 spiro atoms. The maximum absolute atomic E-state index is 11.9.